The smallest absolute Gasteiger partial charge is 0.226 e. The molecule has 1 aliphatic rings. The first kappa shape index (κ1) is 26.6. The minimum absolute atomic E-state index is 0.0371. The second-order valence-electron chi connectivity index (χ2n) is 10.2. The van der Waals surface area contributed by atoms with E-state index in [0.717, 1.165) is 40.4 Å². The summed E-state index contributed by atoms with van der Waals surface area (Å²) in [5, 5.41) is 7.18. The highest BCUT2D eigenvalue weighted by atomic mass is 32.1. The van der Waals surface area contributed by atoms with Crippen molar-refractivity contribution < 1.29 is 4.79 Å². The van der Waals surface area contributed by atoms with Crippen molar-refractivity contribution in [3.8, 4) is 5.69 Å². The van der Waals surface area contributed by atoms with Crippen molar-refractivity contribution in [2.24, 2.45) is 0 Å². The molecule has 39 heavy (non-hydrogen) atoms. The molecule has 6 nitrogen and oxygen atoms in total. The van der Waals surface area contributed by atoms with Crippen LogP contribution < -0.4 is 10.6 Å². The van der Waals surface area contributed by atoms with Gasteiger partial charge in [-0.25, -0.2) is 0 Å². The zero-order valence-electron chi connectivity index (χ0n) is 22.9. The number of carbonyl (C=O) groups is 1. The number of pyridine rings is 1. The Balaban J connectivity index is 1.46. The predicted octanol–water partition coefficient (Wildman–Crippen LogP) is 6.36. The van der Waals surface area contributed by atoms with Crippen LogP contribution in [-0.2, 0) is 11.2 Å². The van der Waals surface area contributed by atoms with E-state index >= 15 is 0 Å². The minimum Gasteiger partial charge on any atom is -0.352 e. The Morgan fingerprint density at radius 2 is 1.82 bits per heavy atom. The van der Waals surface area contributed by atoms with Crippen LogP contribution in [-0.4, -0.2) is 32.0 Å². The van der Waals surface area contributed by atoms with Crippen molar-refractivity contribution in [2.45, 2.75) is 52.6 Å². The van der Waals surface area contributed by atoms with Gasteiger partial charge in [0.15, 0.2) is 5.11 Å². The highest BCUT2D eigenvalue weighted by Gasteiger charge is 2.41. The van der Waals surface area contributed by atoms with Crippen LogP contribution in [0.25, 0.3) is 5.69 Å². The third-order valence-electron chi connectivity index (χ3n) is 7.47. The van der Waals surface area contributed by atoms with Gasteiger partial charge in [0.05, 0.1) is 17.8 Å². The molecule has 0 saturated carbocycles. The number of aryl methyl sites for hydroxylation is 3. The average Bonchev–Trinajstić information content (AvgIpc) is 3.42. The van der Waals surface area contributed by atoms with Gasteiger partial charge in [0.25, 0.3) is 0 Å². The van der Waals surface area contributed by atoms with Gasteiger partial charge in [-0.1, -0.05) is 37.3 Å². The maximum atomic E-state index is 12.9. The number of thiocarbonyl (C=S) groups is 1. The molecule has 2 N–H and O–H groups in total. The first-order chi connectivity index (χ1) is 18.9. The molecular weight excluding hydrogens is 502 g/mol. The van der Waals surface area contributed by atoms with Crippen molar-refractivity contribution in [3.05, 3.63) is 113 Å². The van der Waals surface area contributed by atoms with Gasteiger partial charge in [0.1, 0.15) is 0 Å². The molecule has 0 radical (unpaired) electrons. The zero-order valence-corrected chi connectivity index (χ0v) is 23.8. The number of carbonyl (C=O) groups excluding carboxylic acids is 1. The molecule has 1 amide bonds. The van der Waals surface area contributed by atoms with E-state index in [1.807, 2.05) is 55.6 Å². The first-order valence-electron chi connectivity index (χ1n) is 13.5. The molecule has 1 saturated heterocycles. The van der Waals surface area contributed by atoms with E-state index in [1.165, 1.54) is 11.1 Å². The van der Waals surface area contributed by atoms with Crippen molar-refractivity contribution in [1.82, 2.24) is 19.8 Å². The average molecular weight is 538 g/mol. The molecule has 7 heteroatoms. The SMILES string of the molecule is CCc1ccc(-n2c(C)cc([C@@H]3[C@@H](c4ccccn4)NC(=S)N3CCC(=O)Nc3cccc(C)c3)c2C)cc1. The highest BCUT2D eigenvalue weighted by molar-refractivity contribution is 7.80. The fourth-order valence-electron chi connectivity index (χ4n) is 5.52. The fraction of sp³-hybridized carbons (Fsp3) is 0.281. The Morgan fingerprint density at radius 3 is 2.51 bits per heavy atom. The molecule has 1 fully saturated rings. The van der Waals surface area contributed by atoms with Crippen molar-refractivity contribution >= 4 is 28.9 Å². The number of hydrogen-bond acceptors (Lipinski definition) is 3. The Bertz CT molecular complexity index is 1480. The molecule has 5 rings (SSSR count). The molecule has 4 aromatic rings. The van der Waals surface area contributed by atoms with Gasteiger partial charge in [0, 0.05) is 41.9 Å². The fourth-order valence-corrected chi connectivity index (χ4v) is 5.85. The summed E-state index contributed by atoms with van der Waals surface area (Å²) in [6, 6.07) is 24.6. The van der Waals surface area contributed by atoms with E-state index in [1.54, 1.807) is 0 Å². The third kappa shape index (κ3) is 5.59. The standard InChI is InChI=1S/C32H35N5OS/c1-5-24-12-14-26(15-13-24)37-22(3)20-27(23(37)4)31-30(28-11-6-7-17-33-28)35-32(39)36(31)18-16-29(38)34-25-10-8-9-21(2)19-25/h6-15,17,19-20,30-31H,5,16,18H2,1-4H3,(H,34,38)(H,35,39)/t30-,31-/m1/s1. The lowest BCUT2D eigenvalue weighted by molar-refractivity contribution is -0.116. The number of aromatic nitrogens is 2. The molecule has 3 heterocycles. The Morgan fingerprint density at radius 1 is 1.03 bits per heavy atom. The van der Waals surface area contributed by atoms with Crippen LogP contribution in [0, 0.1) is 20.8 Å². The number of rotatable bonds is 8. The summed E-state index contributed by atoms with van der Waals surface area (Å²) in [7, 11) is 0. The number of nitrogens with zero attached hydrogens (tertiary/aromatic N) is 3. The number of nitrogens with one attached hydrogen (secondary N) is 2. The van der Waals surface area contributed by atoms with Gasteiger partial charge >= 0.3 is 0 Å². The van der Waals surface area contributed by atoms with Crippen molar-refractivity contribution in [3.63, 3.8) is 0 Å². The van der Waals surface area contributed by atoms with Crippen molar-refractivity contribution in [1.29, 1.82) is 0 Å². The summed E-state index contributed by atoms with van der Waals surface area (Å²) < 4.78 is 2.30. The van der Waals surface area contributed by atoms with E-state index < -0.39 is 0 Å². The van der Waals surface area contributed by atoms with Crippen LogP contribution in [0.15, 0.2) is 79.0 Å². The number of hydrogen-bond donors (Lipinski definition) is 2. The van der Waals surface area contributed by atoms with Crippen LogP contribution in [0.3, 0.4) is 0 Å². The zero-order chi connectivity index (χ0) is 27.5. The van der Waals surface area contributed by atoms with Gasteiger partial charge in [-0.15, -0.1) is 0 Å². The first-order valence-corrected chi connectivity index (χ1v) is 13.9. The Labute approximate surface area is 236 Å². The van der Waals surface area contributed by atoms with Crippen LogP contribution in [0.1, 0.15) is 59.2 Å². The summed E-state index contributed by atoms with van der Waals surface area (Å²) in [6.45, 7) is 8.98. The summed E-state index contributed by atoms with van der Waals surface area (Å²) in [5.74, 6) is -0.0371. The van der Waals surface area contributed by atoms with Crippen LogP contribution in [0.2, 0.25) is 0 Å². The Kier molecular flexibility index (Phi) is 7.79. The van der Waals surface area contributed by atoms with Crippen LogP contribution in [0.4, 0.5) is 5.69 Å². The summed E-state index contributed by atoms with van der Waals surface area (Å²) >= 11 is 5.85. The number of amides is 1. The van der Waals surface area contributed by atoms with E-state index in [2.05, 4.69) is 76.2 Å². The van der Waals surface area contributed by atoms with E-state index in [0.29, 0.717) is 18.1 Å². The van der Waals surface area contributed by atoms with Gasteiger partial charge in [-0.05, 0) is 98.6 Å². The second-order valence-corrected chi connectivity index (χ2v) is 10.6. The molecule has 0 unspecified atom stereocenters. The molecule has 1 aliphatic heterocycles. The molecule has 2 aromatic heterocycles. The minimum atomic E-state index is -0.130. The lowest BCUT2D eigenvalue weighted by Crippen LogP contribution is -2.32. The van der Waals surface area contributed by atoms with Gasteiger partial charge < -0.3 is 20.1 Å². The summed E-state index contributed by atoms with van der Waals surface area (Å²) in [6.07, 6.45) is 3.14. The lowest BCUT2D eigenvalue weighted by atomic mass is 9.96. The quantitative estimate of drug-likeness (QED) is 0.256. The maximum absolute atomic E-state index is 12.9. The van der Waals surface area contributed by atoms with E-state index in [9.17, 15) is 4.79 Å². The lowest BCUT2D eigenvalue weighted by Gasteiger charge is -2.28. The summed E-state index contributed by atoms with van der Waals surface area (Å²) in [5.41, 5.74) is 8.78. The Hall–Kier alpha value is -3.97. The molecule has 0 aliphatic carbocycles. The second kappa shape index (κ2) is 11.4. The van der Waals surface area contributed by atoms with Crippen LogP contribution in [0.5, 0.6) is 0 Å². The molecule has 200 valence electrons. The van der Waals surface area contributed by atoms with Gasteiger partial charge in [-0.3, -0.25) is 9.78 Å². The highest BCUT2D eigenvalue weighted by Crippen LogP contribution is 2.41. The number of benzene rings is 2. The van der Waals surface area contributed by atoms with Gasteiger partial charge in [-0.2, -0.15) is 0 Å². The molecular formula is C32H35N5OS. The van der Waals surface area contributed by atoms with Crippen molar-refractivity contribution in [2.75, 3.05) is 11.9 Å². The molecule has 2 atom stereocenters. The van der Waals surface area contributed by atoms with E-state index in [-0.39, 0.29) is 18.0 Å². The largest absolute Gasteiger partial charge is 0.352 e. The third-order valence-corrected chi connectivity index (χ3v) is 7.82. The van der Waals surface area contributed by atoms with Gasteiger partial charge in [0.2, 0.25) is 5.91 Å². The van der Waals surface area contributed by atoms with Crippen LogP contribution >= 0.6 is 12.2 Å². The monoisotopic (exact) mass is 537 g/mol. The normalized spacial score (nSPS) is 16.8. The molecule has 0 spiro atoms. The molecule has 2 aromatic carbocycles. The molecule has 0 bridgehead atoms. The number of anilines is 1. The predicted molar refractivity (Wildman–Crippen MR) is 161 cm³/mol. The summed E-state index contributed by atoms with van der Waals surface area (Å²) in [4.78, 5) is 19.7. The maximum Gasteiger partial charge on any atom is 0.226 e. The van der Waals surface area contributed by atoms with E-state index in [4.69, 9.17) is 12.2 Å². The topological polar surface area (TPSA) is 62.2 Å².